The van der Waals surface area contributed by atoms with Gasteiger partial charge in [0.25, 0.3) is 10.0 Å². The van der Waals surface area contributed by atoms with E-state index in [9.17, 15) is 8.42 Å². The number of hydrogen-bond acceptors (Lipinski definition) is 4. The van der Waals surface area contributed by atoms with Gasteiger partial charge in [0, 0.05) is 0 Å². The Kier molecular flexibility index (Phi) is 4.41. The Labute approximate surface area is 142 Å². The molecular weight excluding hydrogens is 326 g/mol. The van der Waals surface area contributed by atoms with Gasteiger partial charge in [-0.1, -0.05) is 12.1 Å². The third kappa shape index (κ3) is 3.19. The molecule has 2 aromatic rings. The number of anilines is 1. The van der Waals surface area contributed by atoms with Crippen LogP contribution < -0.4 is 13.8 Å². The normalized spacial score (nSPS) is 17.3. The molecule has 1 unspecified atom stereocenters. The van der Waals surface area contributed by atoms with Crippen molar-refractivity contribution < 1.29 is 17.9 Å². The first-order valence-corrected chi connectivity index (χ1v) is 9.37. The van der Waals surface area contributed by atoms with E-state index in [1.54, 1.807) is 42.5 Å². The fourth-order valence-electron chi connectivity index (χ4n) is 2.67. The average Bonchev–Trinajstić information content (AvgIpc) is 2.54. The van der Waals surface area contributed by atoms with Crippen LogP contribution in [0.5, 0.6) is 11.5 Å². The van der Waals surface area contributed by atoms with E-state index in [1.807, 2.05) is 26.8 Å². The van der Waals surface area contributed by atoms with Gasteiger partial charge >= 0.3 is 0 Å². The molecule has 0 aromatic heterocycles. The van der Waals surface area contributed by atoms with E-state index < -0.39 is 10.0 Å². The van der Waals surface area contributed by atoms with Crippen molar-refractivity contribution in [3.8, 4) is 11.5 Å². The molecule has 2 aromatic carbocycles. The smallest absolute Gasteiger partial charge is 0.264 e. The number of para-hydroxylation sites is 2. The number of hydrogen-bond donors (Lipinski definition) is 0. The molecule has 0 aliphatic carbocycles. The highest BCUT2D eigenvalue weighted by Gasteiger charge is 2.32. The number of benzene rings is 2. The average molecular weight is 347 g/mol. The van der Waals surface area contributed by atoms with Crippen molar-refractivity contribution in [2.24, 2.45) is 0 Å². The van der Waals surface area contributed by atoms with Crippen LogP contribution in [0.4, 0.5) is 5.69 Å². The van der Waals surface area contributed by atoms with Gasteiger partial charge in [-0.15, -0.1) is 0 Å². The molecule has 1 heterocycles. The van der Waals surface area contributed by atoms with E-state index in [4.69, 9.17) is 9.47 Å². The second-order valence-corrected chi connectivity index (χ2v) is 7.93. The van der Waals surface area contributed by atoms with Crippen LogP contribution in [0.2, 0.25) is 0 Å². The Hall–Kier alpha value is -2.21. The second-order valence-electron chi connectivity index (χ2n) is 6.07. The molecule has 0 radical (unpaired) electrons. The van der Waals surface area contributed by atoms with Crippen LogP contribution in [0.3, 0.4) is 0 Å². The first-order chi connectivity index (χ1) is 11.4. The summed E-state index contributed by atoms with van der Waals surface area (Å²) in [7, 11) is -3.66. The molecular formula is C18H21NO4S. The zero-order valence-electron chi connectivity index (χ0n) is 14.0. The SMILES string of the molecule is CC(C)Oc1ccc(S(=O)(=O)N2CC(C)Oc3ccccc32)cc1. The van der Waals surface area contributed by atoms with Crippen molar-refractivity contribution in [1.29, 1.82) is 0 Å². The van der Waals surface area contributed by atoms with Crippen molar-refractivity contribution >= 4 is 15.7 Å². The van der Waals surface area contributed by atoms with Gasteiger partial charge < -0.3 is 9.47 Å². The quantitative estimate of drug-likeness (QED) is 0.850. The summed E-state index contributed by atoms with van der Waals surface area (Å²) in [6, 6.07) is 13.7. The van der Waals surface area contributed by atoms with Crippen LogP contribution in [-0.4, -0.2) is 27.2 Å². The molecule has 1 atom stereocenters. The van der Waals surface area contributed by atoms with Gasteiger partial charge in [0.05, 0.1) is 23.2 Å². The lowest BCUT2D eigenvalue weighted by atomic mass is 10.2. The van der Waals surface area contributed by atoms with Gasteiger partial charge in [-0.25, -0.2) is 8.42 Å². The Morgan fingerprint density at radius 2 is 1.79 bits per heavy atom. The van der Waals surface area contributed by atoms with Gasteiger partial charge in [0.1, 0.15) is 17.6 Å². The van der Waals surface area contributed by atoms with Crippen LogP contribution in [0, 0.1) is 0 Å². The summed E-state index contributed by atoms with van der Waals surface area (Å²) in [6.07, 6.45) is -0.169. The predicted molar refractivity (Wildman–Crippen MR) is 93.3 cm³/mol. The lowest BCUT2D eigenvalue weighted by Crippen LogP contribution is -2.42. The number of rotatable bonds is 4. The third-order valence-electron chi connectivity index (χ3n) is 3.67. The van der Waals surface area contributed by atoms with Gasteiger partial charge in [-0.05, 0) is 57.2 Å². The third-order valence-corrected chi connectivity index (χ3v) is 5.46. The fourth-order valence-corrected chi connectivity index (χ4v) is 4.22. The molecule has 0 saturated heterocycles. The van der Waals surface area contributed by atoms with Crippen molar-refractivity contribution in [2.45, 2.75) is 37.9 Å². The summed E-state index contributed by atoms with van der Waals surface area (Å²) >= 11 is 0. The molecule has 0 fully saturated rings. The van der Waals surface area contributed by atoms with Crippen LogP contribution in [-0.2, 0) is 10.0 Å². The Morgan fingerprint density at radius 3 is 2.46 bits per heavy atom. The van der Waals surface area contributed by atoms with E-state index >= 15 is 0 Å². The van der Waals surface area contributed by atoms with Crippen LogP contribution in [0.1, 0.15) is 20.8 Å². The van der Waals surface area contributed by atoms with Crippen molar-refractivity contribution in [2.75, 3.05) is 10.8 Å². The van der Waals surface area contributed by atoms with E-state index in [-0.39, 0.29) is 23.6 Å². The molecule has 0 N–H and O–H groups in total. The molecule has 6 heteroatoms. The van der Waals surface area contributed by atoms with Crippen molar-refractivity contribution in [1.82, 2.24) is 0 Å². The fraction of sp³-hybridized carbons (Fsp3) is 0.333. The first-order valence-electron chi connectivity index (χ1n) is 7.93. The lowest BCUT2D eigenvalue weighted by Gasteiger charge is -2.34. The van der Waals surface area contributed by atoms with Crippen molar-refractivity contribution in [3.63, 3.8) is 0 Å². The van der Waals surface area contributed by atoms with Crippen LogP contribution >= 0.6 is 0 Å². The van der Waals surface area contributed by atoms with Crippen LogP contribution in [0.25, 0.3) is 0 Å². The lowest BCUT2D eigenvalue weighted by molar-refractivity contribution is 0.219. The van der Waals surface area contributed by atoms with E-state index in [1.165, 1.54) is 4.31 Å². The maximum atomic E-state index is 13.1. The summed E-state index contributed by atoms with van der Waals surface area (Å²) < 4.78 is 38.8. The largest absolute Gasteiger partial charge is 0.491 e. The van der Waals surface area contributed by atoms with E-state index in [2.05, 4.69) is 0 Å². The standard InChI is InChI=1S/C18H21NO4S/c1-13(2)22-15-8-10-16(11-9-15)24(20,21)19-12-14(3)23-18-7-5-4-6-17(18)19/h4-11,13-14H,12H2,1-3H3. The topological polar surface area (TPSA) is 55.8 Å². The maximum absolute atomic E-state index is 13.1. The van der Waals surface area contributed by atoms with E-state index in [0.29, 0.717) is 17.2 Å². The molecule has 1 aliphatic rings. The molecule has 24 heavy (non-hydrogen) atoms. The number of sulfonamides is 1. The van der Waals surface area contributed by atoms with Crippen molar-refractivity contribution in [3.05, 3.63) is 48.5 Å². The number of nitrogens with zero attached hydrogens (tertiary/aromatic N) is 1. The van der Waals surface area contributed by atoms with Gasteiger partial charge in [-0.3, -0.25) is 4.31 Å². The zero-order chi connectivity index (χ0) is 17.3. The molecule has 0 spiro atoms. The second kappa shape index (κ2) is 6.36. The minimum atomic E-state index is -3.66. The van der Waals surface area contributed by atoms with Gasteiger partial charge in [-0.2, -0.15) is 0 Å². The zero-order valence-corrected chi connectivity index (χ0v) is 14.8. The summed E-state index contributed by atoms with van der Waals surface area (Å²) in [5.74, 6) is 1.24. The maximum Gasteiger partial charge on any atom is 0.264 e. The minimum Gasteiger partial charge on any atom is -0.491 e. The van der Waals surface area contributed by atoms with Gasteiger partial charge in [0.15, 0.2) is 0 Å². The highest BCUT2D eigenvalue weighted by molar-refractivity contribution is 7.92. The highest BCUT2D eigenvalue weighted by atomic mass is 32.2. The molecule has 3 rings (SSSR count). The monoisotopic (exact) mass is 347 g/mol. The summed E-state index contributed by atoms with van der Waals surface area (Å²) in [4.78, 5) is 0.238. The predicted octanol–water partition coefficient (Wildman–Crippen LogP) is 3.45. The highest BCUT2D eigenvalue weighted by Crippen LogP contribution is 2.36. The Bertz CT molecular complexity index is 815. The minimum absolute atomic E-state index is 0.0411. The Balaban J connectivity index is 1.96. The molecule has 5 nitrogen and oxygen atoms in total. The first kappa shape index (κ1) is 16.6. The number of ether oxygens (including phenoxy) is 2. The molecule has 0 bridgehead atoms. The molecule has 1 aliphatic heterocycles. The molecule has 0 amide bonds. The Morgan fingerprint density at radius 1 is 1.12 bits per heavy atom. The number of fused-ring (bicyclic) bond motifs is 1. The van der Waals surface area contributed by atoms with E-state index in [0.717, 1.165) is 0 Å². The summed E-state index contributed by atoms with van der Waals surface area (Å²) in [5.41, 5.74) is 0.568. The molecule has 0 saturated carbocycles. The van der Waals surface area contributed by atoms with Gasteiger partial charge in [0.2, 0.25) is 0 Å². The molecule has 128 valence electrons. The summed E-state index contributed by atoms with van der Waals surface area (Å²) in [5, 5.41) is 0. The summed E-state index contributed by atoms with van der Waals surface area (Å²) in [6.45, 7) is 6.00. The van der Waals surface area contributed by atoms with Crippen LogP contribution in [0.15, 0.2) is 53.4 Å².